The molecule has 0 saturated heterocycles. The Bertz CT molecular complexity index is 448. The van der Waals surface area contributed by atoms with E-state index in [2.05, 4.69) is 14.7 Å². The van der Waals surface area contributed by atoms with Crippen molar-refractivity contribution in [1.82, 2.24) is 4.98 Å². The second-order valence-electron chi connectivity index (χ2n) is 2.67. The van der Waals surface area contributed by atoms with Crippen LogP contribution in [-0.4, -0.2) is 18.1 Å². The Morgan fingerprint density at radius 1 is 1.62 bits per heavy atom. The summed E-state index contributed by atoms with van der Waals surface area (Å²) in [5.41, 5.74) is 1.45. The van der Waals surface area contributed by atoms with Crippen molar-refractivity contribution in [3.8, 4) is 0 Å². The fourth-order valence-electron chi connectivity index (χ4n) is 1.29. The molecule has 2 aromatic rings. The summed E-state index contributed by atoms with van der Waals surface area (Å²) in [7, 11) is 1.37. The third kappa shape index (κ3) is 1.16. The maximum absolute atomic E-state index is 11.2. The molecule has 0 fully saturated rings. The number of fused-ring (bicyclic) bond motifs is 1. The number of hydrogen-bond acceptors (Lipinski definition) is 2. The molecule has 0 aromatic carbocycles. The molecule has 66 valence electrons. The minimum absolute atomic E-state index is 0.322. The molecule has 0 spiro atoms. The van der Waals surface area contributed by atoms with E-state index in [1.165, 1.54) is 7.11 Å². The molecule has 2 rings (SSSR count). The number of rotatable bonds is 1. The molecule has 0 aliphatic heterocycles. The maximum atomic E-state index is 11.2. The van der Waals surface area contributed by atoms with Crippen molar-refractivity contribution in [3.63, 3.8) is 0 Å². The Balaban J connectivity index is 2.64. The number of aromatic amines is 2. The number of hydrogen-bond donors (Lipinski definition) is 1. The highest BCUT2D eigenvalue weighted by Gasteiger charge is 2.12. The van der Waals surface area contributed by atoms with Crippen LogP contribution in [0.1, 0.15) is 10.4 Å². The van der Waals surface area contributed by atoms with E-state index in [-0.39, 0.29) is 5.97 Å². The van der Waals surface area contributed by atoms with Crippen molar-refractivity contribution >= 4 is 16.9 Å². The van der Waals surface area contributed by atoms with Crippen molar-refractivity contribution in [2.45, 2.75) is 0 Å². The van der Waals surface area contributed by atoms with Gasteiger partial charge in [0.25, 0.3) is 0 Å². The molecule has 0 amide bonds. The minimum atomic E-state index is -0.322. The Morgan fingerprint density at radius 3 is 3.23 bits per heavy atom. The second-order valence-corrected chi connectivity index (χ2v) is 2.67. The van der Waals surface area contributed by atoms with Crippen LogP contribution in [0.15, 0.2) is 24.7 Å². The molecule has 0 aliphatic carbocycles. The Labute approximate surface area is 74.5 Å². The molecular formula is C9H9N2O2+. The van der Waals surface area contributed by atoms with E-state index in [0.717, 1.165) is 10.9 Å². The van der Waals surface area contributed by atoms with Crippen LogP contribution in [-0.2, 0) is 4.74 Å². The standard InChI is InChI=1S/C9H8N2O2/c1-13-9(12)7-4-11-8-5-10-3-2-6(7)8/h2-5,11H,1H3/p+1. The first kappa shape index (κ1) is 7.79. The number of aromatic nitrogens is 2. The summed E-state index contributed by atoms with van der Waals surface area (Å²) < 4.78 is 4.63. The number of methoxy groups -OCH3 is 1. The molecule has 0 unspecified atom stereocenters. The highest BCUT2D eigenvalue weighted by molar-refractivity contribution is 6.03. The van der Waals surface area contributed by atoms with Gasteiger partial charge in [-0.15, -0.1) is 0 Å². The van der Waals surface area contributed by atoms with Gasteiger partial charge in [0.05, 0.1) is 12.7 Å². The summed E-state index contributed by atoms with van der Waals surface area (Å²) in [6.07, 6.45) is 5.20. The summed E-state index contributed by atoms with van der Waals surface area (Å²) >= 11 is 0. The molecule has 13 heavy (non-hydrogen) atoms. The number of carbonyl (C=O) groups excluding carboxylic acids is 1. The second kappa shape index (κ2) is 2.90. The van der Waals surface area contributed by atoms with E-state index < -0.39 is 0 Å². The predicted octanol–water partition coefficient (Wildman–Crippen LogP) is 0.769. The smallest absolute Gasteiger partial charge is 0.340 e. The van der Waals surface area contributed by atoms with Gasteiger partial charge in [0, 0.05) is 17.6 Å². The summed E-state index contributed by atoms with van der Waals surface area (Å²) in [5.74, 6) is -0.322. The van der Waals surface area contributed by atoms with E-state index in [9.17, 15) is 4.79 Å². The van der Waals surface area contributed by atoms with E-state index in [4.69, 9.17) is 0 Å². The van der Waals surface area contributed by atoms with E-state index in [1.54, 1.807) is 18.6 Å². The van der Waals surface area contributed by atoms with E-state index in [0.29, 0.717) is 5.56 Å². The summed E-state index contributed by atoms with van der Waals surface area (Å²) in [5, 5.41) is 0.866. The zero-order chi connectivity index (χ0) is 9.26. The largest absolute Gasteiger partial charge is 0.465 e. The van der Waals surface area contributed by atoms with Crippen molar-refractivity contribution < 1.29 is 14.5 Å². The van der Waals surface area contributed by atoms with Gasteiger partial charge in [-0.3, -0.25) is 0 Å². The molecule has 0 atom stereocenters. The topological polar surface area (TPSA) is 56.2 Å². The average Bonchev–Trinajstić information content (AvgIpc) is 2.60. The monoisotopic (exact) mass is 177 g/mol. The Morgan fingerprint density at radius 2 is 2.46 bits per heavy atom. The number of pyridine rings is 1. The van der Waals surface area contributed by atoms with Crippen LogP contribution in [0.25, 0.3) is 10.9 Å². The van der Waals surface area contributed by atoms with Crippen molar-refractivity contribution in [1.29, 1.82) is 0 Å². The highest BCUT2D eigenvalue weighted by atomic mass is 16.5. The van der Waals surface area contributed by atoms with Gasteiger partial charge in [0.2, 0.25) is 0 Å². The molecule has 4 nitrogen and oxygen atoms in total. The number of ether oxygens (including phenoxy) is 1. The molecular weight excluding hydrogens is 168 g/mol. The molecule has 0 aliphatic rings. The summed E-state index contributed by atoms with van der Waals surface area (Å²) in [4.78, 5) is 17.1. The Hall–Kier alpha value is -1.84. The average molecular weight is 177 g/mol. The quantitative estimate of drug-likeness (QED) is 0.654. The lowest BCUT2D eigenvalue weighted by atomic mass is 10.2. The predicted molar refractivity (Wildman–Crippen MR) is 46.2 cm³/mol. The van der Waals surface area contributed by atoms with E-state index in [1.807, 2.05) is 6.07 Å². The molecule has 4 heteroatoms. The number of carbonyl (C=O) groups is 1. The SMILES string of the molecule is COC(=O)c1c[nH]c2c[nH+]ccc12. The van der Waals surface area contributed by atoms with Crippen molar-refractivity contribution in [2.75, 3.05) is 7.11 Å². The van der Waals surface area contributed by atoms with Gasteiger partial charge in [-0.25, -0.2) is 9.78 Å². The normalized spacial score (nSPS) is 10.2. The van der Waals surface area contributed by atoms with Crippen LogP contribution in [0.5, 0.6) is 0 Å². The zero-order valence-electron chi connectivity index (χ0n) is 7.13. The first-order valence-corrected chi connectivity index (χ1v) is 3.88. The van der Waals surface area contributed by atoms with Crippen LogP contribution < -0.4 is 4.98 Å². The van der Waals surface area contributed by atoms with Gasteiger partial charge in [-0.2, -0.15) is 0 Å². The van der Waals surface area contributed by atoms with Gasteiger partial charge in [-0.1, -0.05) is 0 Å². The molecule has 2 aromatic heterocycles. The first-order valence-electron chi connectivity index (χ1n) is 3.88. The van der Waals surface area contributed by atoms with Crippen LogP contribution in [0, 0.1) is 0 Å². The molecule has 0 radical (unpaired) electrons. The Kier molecular flexibility index (Phi) is 1.73. The van der Waals surface area contributed by atoms with Gasteiger partial charge in [-0.05, 0) is 0 Å². The third-order valence-corrected chi connectivity index (χ3v) is 1.93. The summed E-state index contributed by atoms with van der Waals surface area (Å²) in [6.45, 7) is 0. The van der Waals surface area contributed by atoms with Gasteiger partial charge in [0.1, 0.15) is 5.52 Å². The van der Waals surface area contributed by atoms with Crippen LogP contribution in [0.3, 0.4) is 0 Å². The minimum Gasteiger partial charge on any atom is -0.465 e. The lowest BCUT2D eigenvalue weighted by Crippen LogP contribution is -2.01. The lowest BCUT2D eigenvalue weighted by Gasteiger charge is -1.93. The van der Waals surface area contributed by atoms with Crippen molar-refractivity contribution in [2.24, 2.45) is 0 Å². The first-order chi connectivity index (χ1) is 6.33. The van der Waals surface area contributed by atoms with E-state index >= 15 is 0 Å². The highest BCUT2D eigenvalue weighted by Crippen LogP contribution is 2.15. The lowest BCUT2D eigenvalue weighted by molar-refractivity contribution is -0.376. The fourth-order valence-corrected chi connectivity index (χ4v) is 1.29. The zero-order valence-corrected chi connectivity index (χ0v) is 7.13. The van der Waals surface area contributed by atoms with Gasteiger partial charge < -0.3 is 9.72 Å². The van der Waals surface area contributed by atoms with Crippen LogP contribution in [0.4, 0.5) is 0 Å². The van der Waals surface area contributed by atoms with Crippen LogP contribution in [0.2, 0.25) is 0 Å². The summed E-state index contributed by atoms with van der Waals surface area (Å²) in [6, 6.07) is 1.83. The van der Waals surface area contributed by atoms with Gasteiger partial charge >= 0.3 is 5.97 Å². The molecule has 0 bridgehead atoms. The molecule has 0 saturated carbocycles. The van der Waals surface area contributed by atoms with Crippen molar-refractivity contribution in [3.05, 3.63) is 30.2 Å². The third-order valence-electron chi connectivity index (χ3n) is 1.93. The van der Waals surface area contributed by atoms with Gasteiger partial charge in [0.15, 0.2) is 12.4 Å². The van der Waals surface area contributed by atoms with Crippen LogP contribution >= 0.6 is 0 Å². The maximum Gasteiger partial charge on any atom is 0.340 e. The fraction of sp³-hybridized carbons (Fsp3) is 0.111. The number of esters is 1. The molecule has 2 heterocycles. The number of nitrogens with one attached hydrogen (secondary N) is 2. The molecule has 2 N–H and O–H groups in total. The number of H-pyrrole nitrogens is 2.